The molecule has 0 unspecified atom stereocenters. The second-order valence-corrected chi connectivity index (χ2v) is 6.15. The van der Waals surface area contributed by atoms with Gasteiger partial charge in [-0.15, -0.1) is 0 Å². The zero-order valence-corrected chi connectivity index (χ0v) is 13.1. The van der Waals surface area contributed by atoms with E-state index in [2.05, 4.69) is 4.90 Å². The highest BCUT2D eigenvalue weighted by molar-refractivity contribution is 5.97. The molecule has 0 aromatic heterocycles. The van der Waals surface area contributed by atoms with Crippen molar-refractivity contribution in [2.75, 3.05) is 33.3 Å². The average Bonchev–Trinajstić information content (AvgIpc) is 3.08. The van der Waals surface area contributed by atoms with E-state index in [1.807, 2.05) is 4.90 Å². The Morgan fingerprint density at radius 3 is 2.45 bits per heavy atom. The molecular formula is C17H24N2O3. The van der Waals surface area contributed by atoms with E-state index in [4.69, 9.17) is 4.74 Å². The smallest absolute Gasteiger partial charge is 0.257 e. The fourth-order valence-electron chi connectivity index (χ4n) is 3.55. The fraction of sp³-hybridized carbons (Fsp3) is 0.588. The number of hydrogen-bond acceptors (Lipinski definition) is 4. The van der Waals surface area contributed by atoms with Crippen LogP contribution < -0.4 is 4.74 Å². The second kappa shape index (κ2) is 6.57. The van der Waals surface area contributed by atoms with Crippen molar-refractivity contribution < 1.29 is 14.6 Å². The number of rotatable bonds is 3. The monoisotopic (exact) mass is 304 g/mol. The van der Waals surface area contributed by atoms with Gasteiger partial charge in [-0.3, -0.25) is 9.69 Å². The molecule has 1 saturated carbocycles. The third kappa shape index (κ3) is 3.04. The zero-order chi connectivity index (χ0) is 15.5. The van der Waals surface area contributed by atoms with E-state index in [0.717, 1.165) is 26.2 Å². The molecular weight excluding hydrogens is 280 g/mol. The van der Waals surface area contributed by atoms with Crippen molar-refractivity contribution in [2.45, 2.75) is 31.7 Å². The molecule has 1 amide bonds. The minimum Gasteiger partial charge on any atom is -0.507 e. The Morgan fingerprint density at radius 1 is 1.18 bits per heavy atom. The minimum atomic E-state index is -0.0915. The van der Waals surface area contributed by atoms with Crippen molar-refractivity contribution in [1.29, 1.82) is 0 Å². The number of hydrogen-bond donors (Lipinski definition) is 1. The first-order chi connectivity index (χ1) is 10.7. The van der Waals surface area contributed by atoms with E-state index >= 15 is 0 Å². The number of methoxy groups -OCH3 is 1. The van der Waals surface area contributed by atoms with Crippen LogP contribution in [0.1, 0.15) is 36.0 Å². The molecule has 1 aromatic carbocycles. The van der Waals surface area contributed by atoms with Crippen LogP contribution in [0.4, 0.5) is 0 Å². The predicted octanol–water partition coefficient (Wildman–Crippen LogP) is 2.10. The number of aromatic hydroxyl groups is 1. The summed E-state index contributed by atoms with van der Waals surface area (Å²) in [6, 6.07) is 5.55. The number of piperazine rings is 1. The largest absolute Gasteiger partial charge is 0.507 e. The molecule has 120 valence electrons. The normalized spacial score (nSPS) is 20.3. The van der Waals surface area contributed by atoms with Crippen LogP contribution in [-0.4, -0.2) is 60.1 Å². The third-order valence-electron chi connectivity index (χ3n) is 4.88. The van der Waals surface area contributed by atoms with E-state index in [-0.39, 0.29) is 11.7 Å². The molecule has 2 aliphatic rings. The summed E-state index contributed by atoms with van der Waals surface area (Å²) in [6.45, 7) is 3.35. The summed E-state index contributed by atoms with van der Waals surface area (Å²) in [4.78, 5) is 16.9. The van der Waals surface area contributed by atoms with Gasteiger partial charge < -0.3 is 14.7 Å². The Kier molecular flexibility index (Phi) is 4.52. The van der Waals surface area contributed by atoms with Crippen LogP contribution in [0, 0.1) is 0 Å². The van der Waals surface area contributed by atoms with Gasteiger partial charge in [0.05, 0.1) is 12.7 Å². The lowest BCUT2D eigenvalue weighted by Crippen LogP contribution is -2.51. The summed E-state index contributed by atoms with van der Waals surface area (Å²) in [5, 5.41) is 10.0. The van der Waals surface area contributed by atoms with Crippen molar-refractivity contribution in [3.05, 3.63) is 23.8 Å². The van der Waals surface area contributed by atoms with Gasteiger partial charge in [0.25, 0.3) is 5.91 Å². The Hall–Kier alpha value is -1.75. The van der Waals surface area contributed by atoms with E-state index < -0.39 is 0 Å². The van der Waals surface area contributed by atoms with Gasteiger partial charge in [0, 0.05) is 38.3 Å². The molecule has 3 rings (SSSR count). The van der Waals surface area contributed by atoms with Gasteiger partial charge in [0.15, 0.2) is 0 Å². The quantitative estimate of drug-likeness (QED) is 0.929. The minimum absolute atomic E-state index is 0.0115. The molecule has 1 aromatic rings. The van der Waals surface area contributed by atoms with E-state index in [9.17, 15) is 9.90 Å². The molecule has 1 aliphatic heterocycles. The average molecular weight is 304 g/mol. The molecule has 0 radical (unpaired) electrons. The molecule has 22 heavy (non-hydrogen) atoms. The maximum atomic E-state index is 12.6. The molecule has 1 saturated heterocycles. The highest BCUT2D eigenvalue weighted by Crippen LogP contribution is 2.27. The van der Waals surface area contributed by atoms with Gasteiger partial charge >= 0.3 is 0 Å². The molecule has 1 N–H and O–H groups in total. The van der Waals surface area contributed by atoms with Crippen molar-refractivity contribution >= 4 is 5.91 Å². The summed E-state index contributed by atoms with van der Waals surface area (Å²) in [5.41, 5.74) is 0.357. The number of ether oxygens (including phenoxy) is 1. The number of phenols is 1. The summed E-state index contributed by atoms with van der Waals surface area (Å²) >= 11 is 0. The number of phenolic OH excluding ortho intramolecular Hbond substituents is 1. The van der Waals surface area contributed by atoms with Gasteiger partial charge in [0.1, 0.15) is 11.5 Å². The number of amides is 1. The maximum absolute atomic E-state index is 12.6. The first-order valence-corrected chi connectivity index (χ1v) is 8.09. The van der Waals surface area contributed by atoms with Crippen molar-refractivity contribution in [2.24, 2.45) is 0 Å². The second-order valence-electron chi connectivity index (χ2n) is 6.15. The molecule has 1 aliphatic carbocycles. The van der Waals surface area contributed by atoms with Gasteiger partial charge in [-0.1, -0.05) is 12.8 Å². The van der Waals surface area contributed by atoms with Crippen LogP contribution in [0.15, 0.2) is 18.2 Å². The van der Waals surface area contributed by atoms with Crippen molar-refractivity contribution in [1.82, 2.24) is 9.80 Å². The topological polar surface area (TPSA) is 53.0 Å². The summed E-state index contributed by atoms with van der Waals surface area (Å²) in [6.07, 6.45) is 5.27. The van der Waals surface area contributed by atoms with Crippen LogP contribution in [0.25, 0.3) is 0 Å². The molecule has 0 bridgehead atoms. The Bertz CT molecular complexity index is 533. The maximum Gasteiger partial charge on any atom is 0.257 e. The molecule has 1 heterocycles. The van der Waals surface area contributed by atoms with Gasteiger partial charge in [-0.25, -0.2) is 0 Å². The summed E-state index contributed by atoms with van der Waals surface area (Å²) in [7, 11) is 1.54. The standard InChI is InChI=1S/C17H24N2O3/c1-22-14-6-7-15(16(20)12-14)17(21)19-10-8-18(9-11-19)13-4-2-3-5-13/h6-7,12-13,20H,2-5,8-11H2,1H3. The Balaban J connectivity index is 1.62. The SMILES string of the molecule is COc1ccc(C(=O)N2CCN(C3CCCC3)CC2)c(O)c1. The van der Waals surface area contributed by atoms with E-state index in [0.29, 0.717) is 17.4 Å². The van der Waals surface area contributed by atoms with E-state index in [1.54, 1.807) is 19.2 Å². The molecule has 2 fully saturated rings. The van der Waals surface area contributed by atoms with Gasteiger partial charge in [-0.2, -0.15) is 0 Å². The number of carbonyl (C=O) groups is 1. The van der Waals surface area contributed by atoms with Crippen LogP contribution in [-0.2, 0) is 0 Å². The van der Waals surface area contributed by atoms with Gasteiger partial charge in [0.2, 0.25) is 0 Å². The van der Waals surface area contributed by atoms with Crippen LogP contribution in [0.2, 0.25) is 0 Å². The summed E-state index contributed by atoms with van der Waals surface area (Å²) in [5.74, 6) is 0.453. The number of carbonyl (C=O) groups excluding carboxylic acids is 1. The van der Waals surface area contributed by atoms with Gasteiger partial charge in [-0.05, 0) is 25.0 Å². The first-order valence-electron chi connectivity index (χ1n) is 8.09. The highest BCUT2D eigenvalue weighted by Gasteiger charge is 2.28. The molecule has 0 atom stereocenters. The third-order valence-corrected chi connectivity index (χ3v) is 4.88. The fourth-order valence-corrected chi connectivity index (χ4v) is 3.55. The lowest BCUT2D eigenvalue weighted by Gasteiger charge is -2.38. The lowest BCUT2D eigenvalue weighted by molar-refractivity contribution is 0.0570. The number of benzene rings is 1. The zero-order valence-electron chi connectivity index (χ0n) is 13.1. The van der Waals surface area contributed by atoms with Crippen molar-refractivity contribution in [3.8, 4) is 11.5 Å². The predicted molar refractivity (Wildman–Crippen MR) is 84.4 cm³/mol. The van der Waals surface area contributed by atoms with Crippen LogP contribution >= 0.6 is 0 Å². The number of nitrogens with zero attached hydrogens (tertiary/aromatic N) is 2. The summed E-state index contributed by atoms with van der Waals surface area (Å²) < 4.78 is 5.05. The Morgan fingerprint density at radius 2 is 1.86 bits per heavy atom. The Labute approximate surface area is 131 Å². The van der Waals surface area contributed by atoms with Crippen molar-refractivity contribution in [3.63, 3.8) is 0 Å². The molecule has 0 spiro atoms. The lowest BCUT2D eigenvalue weighted by atomic mass is 10.1. The van der Waals surface area contributed by atoms with Crippen LogP contribution in [0.3, 0.4) is 0 Å². The molecule has 5 heteroatoms. The highest BCUT2D eigenvalue weighted by atomic mass is 16.5. The van der Waals surface area contributed by atoms with E-state index in [1.165, 1.54) is 31.7 Å². The molecule has 5 nitrogen and oxygen atoms in total. The van der Waals surface area contributed by atoms with Crippen LogP contribution in [0.5, 0.6) is 11.5 Å². The first kappa shape index (κ1) is 15.2.